The smallest absolute Gasteiger partial charge is 0.306 e. The minimum absolute atomic E-state index is 0.322. The maximum absolute atomic E-state index is 12.0. The van der Waals surface area contributed by atoms with E-state index in [2.05, 4.69) is 0 Å². The third-order valence-corrected chi connectivity index (χ3v) is 2.76. The quantitative estimate of drug-likeness (QED) is 0.806. The first-order valence-corrected chi connectivity index (χ1v) is 5.48. The van der Waals surface area contributed by atoms with Crippen molar-refractivity contribution in [1.29, 1.82) is 0 Å². The summed E-state index contributed by atoms with van der Waals surface area (Å²) in [4.78, 5) is 11.0. The molecule has 1 aromatic carbocycles. The third-order valence-electron chi connectivity index (χ3n) is 2.76. The zero-order valence-corrected chi connectivity index (χ0v) is 9.45. The van der Waals surface area contributed by atoms with Crippen molar-refractivity contribution >= 4 is 5.97 Å². The first-order chi connectivity index (χ1) is 7.65. The zero-order chi connectivity index (χ0) is 12.0. The first-order valence-electron chi connectivity index (χ1n) is 5.48. The highest BCUT2D eigenvalue weighted by Gasteiger charge is 2.18. The largest absolute Gasteiger partial charge is 0.481 e. The minimum atomic E-state index is -0.836. The number of carboxylic acid groups (broad SMARTS) is 1. The van der Waals surface area contributed by atoms with Gasteiger partial charge in [0.05, 0.1) is 12.6 Å². The molecule has 1 N–H and O–H groups in total. The van der Waals surface area contributed by atoms with Crippen LogP contribution in [0.25, 0.3) is 0 Å². The second-order valence-corrected chi connectivity index (χ2v) is 4.00. The lowest BCUT2D eigenvalue weighted by Gasteiger charge is -2.13. The van der Waals surface area contributed by atoms with Crippen molar-refractivity contribution in [2.24, 2.45) is 5.92 Å². The fraction of sp³-hybridized carbons (Fsp3) is 0.462. The number of rotatable bonds is 6. The minimum Gasteiger partial charge on any atom is -0.481 e. The Balaban J connectivity index is 2.68. The van der Waals surface area contributed by atoms with Crippen LogP contribution in [0.1, 0.15) is 24.0 Å². The number of hydrogen-bond donors (Lipinski definition) is 1. The highest BCUT2D eigenvalue weighted by Crippen LogP contribution is 2.17. The molecule has 0 fully saturated rings. The first kappa shape index (κ1) is 12.7. The molecule has 3 heteroatoms. The molecule has 1 unspecified atom stereocenters. The summed E-state index contributed by atoms with van der Waals surface area (Å²) in [6.45, 7) is 1.51. The number of aryl methyl sites for hydroxylation is 1. The van der Waals surface area contributed by atoms with Crippen LogP contribution in [0.4, 0.5) is 4.39 Å². The van der Waals surface area contributed by atoms with Crippen LogP contribution >= 0.6 is 0 Å². The Morgan fingerprint density at radius 1 is 1.44 bits per heavy atom. The molecule has 1 aromatic rings. The fourth-order valence-corrected chi connectivity index (χ4v) is 1.74. The Morgan fingerprint density at radius 3 is 2.69 bits per heavy atom. The van der Waals surface area contributed by atoms with Gasteiger partial charge in [0.2, 0.25) is 0 Å². The van der Waals surface area contributed by atoms with Crippen molar-refractivity contribution < 1.29 is 14.3 Å². The highest BCUT2D eigenvalue weighted by molar-refractivity contribution is 5.70. The Morgan fingerprint density at radius 2 is 2.12 bits per heavy atom. The molecule has 0 spiro atoms. The molecule has 0 saturated carbocycles. The van der Waals surface area contributed by atoms with E-state index in [9.17, 15) is 9.18 Å². The normalized spacial score (nSPS) is 12.4. The Kier molecular flexibility index (Phi) is 4.96. The molecule has 0 heterocycles. The summed E-state index contributed by atoms with van der Waals surface area (Å²) in [6, 6.07) is 7.72. The number of benzene rings is 1. The standard InChI is InChI=1S/C13H17FO2/c1-10-5-2-3-6-11(10)9-12(13(15)16)7-4-8-14/h2-3,5-6,12H,4,7-9H2,1H3,(H,15,16). The van der Waals surface area contributed by atoms with Gasteiger partial charge in [-0.15, -0.1) is 0 Å². The third kappa shape index (κ3) is 3.65. The van der Waals surface area contributed by atoms with Crippen molar-refractivity contribution in [3.8, 4) is 0 Å². The number of alkyl halides is 1. The summed E-state index contributed by atoms with van der Waals surface area (Å²) in [5.74, 6) is -1.31. The lowest BCUT2D eigenvalue weighted by Crippen LogP contribution is -2.17. The maximum Gasteiger partial charge on any atom is 0.306 e. The molecule has 0 saturated heterocycles. The molecule has 0 aliphatic rings. The van der Waals surface area contributed by atoms with E-state index in [1.54, 1.807) is 0 Å². The summed E-state index contributed by atoms with van der Waals surface area (Å²) in [5, 5.41) is 9.03. The lowest BCUT2D eigenvalue weighted by atomic mass is 9.93. The lowest BCUT2D eigenvalue weighted by molar-refractivity contribution is -0.142. The van der Waals surface area contributed by atoms with Crippen molar-refractivity contribution in [2.75, 3.05) is 6.67 Å². The van der Waals surface area contributed by atoms with E-state index in [0.717, 1.165) is 11.1 Å². The molecule has 0 bridgehead atoms. The topological polar surface area (TPSA) is 37.3 Å². The highest BCUT2D eigenvalue weighted by atomic mass is 19.1. The van der Waals surface area contributed by atoms with Gasteiger partial charge >= 0.3 is 5.97 Å². The Hall–Kier alpha value is -1.38. The Bertz CT molecular complexity index is 350. The average Bonchev–Trinajstić information content (AvgIpc) is 2.26. The summed E-state index contributed by atoms with van der Waals surface area (Å²) in [6.07, 6.45) is 1.21. The number of aliphatic carboxylic acids is 1. The Labute approximate surface area is 95.1 Å². The van der Waals surface area contributed by atoms with Gasteiger partial charge < -0.3 is 5.11 Å². The van der Waals surface area contributed by atoms with Crippen LogP contribution in [0.5, 0.6) is 0 Å². The molecule has 2 nitrogen and oxygen atoms in total. The molecule has 0 aliphatic heterocycles. The second kappa shape index (κ2) is 6.26. The molecule has 88 valence electrons. The number of carboxylic acids is 1. The van der Waals surface area contributed by atoms with Gasteiger partial charge in [0.25, 0.3) is 0 Å². The van der Waals surface area contributed by atoms with Crippen LogP contribution < -0.4 is 0 Å². The predicted molar refractivity (Wildman–Crippen MR) is 61.2 cm³/mol. The molecular formula is C13H17FO2. The van der Waals surface area contributed by atoms with Crippen LogP contribution in [0.2, 0.25) is 0 Å². The van der Waals surface area contributed by atoms with Crippen LogP contribution in [0.3, 0.4) is 0 Å². The number of carbonyl (C=O) groups is 1. The molecule has 0 aliphatic carbocycles. The van der Waals surface area contributed by atoms with Gasteiger partial charge in [0, 0.05) is 0 Å². The van der Waals surface area contributed by atoms with E-state index < -0.39 is 18.6 Å². The van der Waals surface area contributed by atoms with Gasteiger partial charge in [-0.1, -0.05) is 24.3 Å². The SMILES string of the molecule is Cc1ccccc1CC(CCCF)C(=O)O. The van der Waals surface area contributed by atoms with Crippen molar-refractivity contribution in [2.45, 2.75) is 26.2 Å². The molecule has 0 amide bonds. The van der Waals surface area contributed by atoms with Gasteiger partial charge in [-0.05, 0) is 37.3 Å². The number of halogens is 1. The van der Waals surface area contributed by atoms with Gasteiger partial charge in [0.1, 0.15) is 0 Å². The average molecular weight is 224 g/mol. The summed E-state index contributed by atoms with van der Waals surface area (Å²) in [7, 11) is 0. The monoisotopic (exact) mass is 224 g/mol. The van der Waals surface area contributed by atoms with Crippen LogP contribution in [0, 0.1) is 12.8 Å². The summed E-state index contributed by atoms with van der Waals surface area (Å²) in [5.41, 5.74) is 2.13. The maximum atomic E-state index is 12.0. The van der Waals surface area contributed by atoms with E-state index in [-0.39, 0.29) is 0 Å². The van der Waals surface area contributed by atoms with Crippen molar-refractivity contribution in [3.63, 3.8) is 0 Å². The van der Waals surface area contributed by atoms with E-state index >= 15 is 0 Å². The van der Waals surface area contributed by atoms with Gasteiger partial charge in [-0.2, -0.15) is 0 Å². The molecule has 1 atom stereocenters. The fourth-order valence-electron chi connectivity index (χ4n) is 1.74. The van der Waals surface area contributed by atoms with Gasteiger partial charge in [-0.3, -0.25) is 9.18 Å². The number of hydrogen-bond acceptors (Lipinski definition) is 1. The van der Waals surface area contributed by atoms with E-state index in [1.165, 1.54) is 0 Å². The van der Waals surface area contributed by atoms with E-state index in [4.69, 9.17) is 5.11 Å². The summed E-state index contributed by atoms with van der Waals surface area (Å²) < 4.78 is 12.0. The van der Waals surface area contributed by atoms with Gasteiger partial charge in [-0.25, -0.2) is 0 Å². The predicted octanol–water partition coefficient (Wildman–Crippen LogP) is 2.99. The molecule has 16 heavy (non-hydrogen) atoms. The van der Waals surface area contributed by atoms with Crippen LogP contribution in [0.15, 0.2) is 24.3 Å². The van der Waals surface area contributed by atoms with Crippen molar-refractivity contribution in [3.05, 3.63) is 35.4 Å². The van der Waals surface area contributed by atoms with Gasteiger partial charge in [0.15, 0.2) is 0 Å². The molecule has 0 radical (unpaired) electrons. The summed E-state index contributed by atoms with van der Waals surface area (Å²) >= 11 is 0. The van der Waals surface area contributed by atoms with Crippen LogP contribution in [-0.2, 0) is 11.2 Å². The zero-order valence-electron chi connectivity index (χ0n) is 9.45. The second-order valence-electron chi connectivity index (χ2n) is 4.00. The molecule has 0 aromatic heterocycles. The molecular weight excluding hydrogens is 207 g/mol. The van der Waals surface area contributed by atoms with E-state index in [1.807, 2.05) is 31.2 Å². The van der Waals surface area contributed by atoms with Crippen LogP contribution in [-0.4, -0.2) is 17.8 Å². The van der Waals surface area contributed by atoms with Crippen molar-refractivity contribution in [1.82, 2.24) is 0 Å². The molecule has 1 rings (SSSR count). The van der Waals surface area contributed by atoms with E-state index in [0.29, 0.717) is 19.3 Å².